The monoisotopic (exact) mass is 732 g/mol. The largest absolute Gasteiger partial charge is 0.394 e. The van der Waals surface area contributed by atoms with Crippen LogP contribution in [0.15, 0.2) is 0 Å². The van der Waals surface area contributed by atoms with Gasteiger partial charge in [-0.3, -0.25) is 9.59 Å². The standard InChI is InChI=1S/C28H48N2O20/c1-7-15(35)19(39)21(41)27(45-7)44-6-12-24(17(37)13(25(43)46-12)29-8(2)33)49-26-14(30-9(3)34)18(38)23(11(5-32)48-26)50-28-22(42)20(40)16(36)10(4-31)47-28/h7,10-28,31-32,35-43H,4-6H2,1-3H3,(H,29,33)(H,30,34)/t7-,10+,11+,12+,13+,14+,15+,16+,17+,18+,19+,20-,21-,22-,23+,24+,25-,26+,27-,28-/m0/s1. The molecule has 0 unspecified atom stereocenters. The van der Waals surface area contributed by atoms with Crippen molar-refractivity contribution in [3.05, 3.63) is 0 Å². The summed E-state index contributed by atoms with van der Waals surface area (Å²) in [6.07, 6.45) is -29.6. The molecule has 4 aliphatic heterocycles. The summed E-state index contributed by atoms with van der Waals surface area (Å²) in [5.41, 5.74) is 0. The van der Waals surface area contributed by atoms with Crippen LogP contribution in [0.1, 0.15) is 20.8 Å². The van der Waals surface area contributed by atoms with Gasteiger partial charge in [-0.15, -0.1) is 0 Å². The molecule has 2 amide bonds. The first-order valence-electron chi connectivity index (χ1n) is 15.9. The van der Waals surface area contributed by atoms with E-state index in [0.29, 0.717) is 0 Å². The molecule has 13 N–H and O–H groups in total. The lowest BCUT2D eigenvalue weighted by molar-refractivity contribution is -0.363. The Morgan fingerprint density at radius 2 is 1.06 bits per heavy atom. The maximum Gasteiger partial charge on any atom is 0.217 e. The molecule has 4 heterocycles. The number of aliphatic hydroxyl groups is 11. The molecule has 0 aromatic rings. The maximum atomic E-state index is 12.3. The van der Waals surface area contributed by atoms with Gasteiger partial charge in [0.05, 0.1) is 25.9 Å². The number of nitrogens with one attached hydrogen (secondary N) is 2. The van der Waals surface area contributed by atoms with Gasteiger partial charge >= 0.3 is 0 Å². The van der Waals surface area contributed by atoms with Gasteiger partial charge in [0.1, 0.15) is 91.4 Å². The van der Waals surface area contributed by atoms with Crippen LogP contribution < -0.4 is 10.6 Å². The quantitative estimate of drug-likeness (QED) is 0.0938. The van der Waals surface area contributed by atoms with Crippen LogP contribution in [-0.4, -0.2) is 211 Å². The molecule has 0 aromatic heterocycles. The normalized spacial score (nSPS) is 48.5. The fourth-order valence-electron chi connectivity index (χ4n) is 6.20. The molecule has 4 saturated heterocycles. The van der Waals surface area contributed by atoms with Gasteiger partial charge in [-0.1, -0.05) is 0 Å². The third kappa shape index (κ3) is 8.87. The zero-order chi connectivity index (χ0) is 37.2. The molecule has 4 aliphatic rings. The van der Waals surface area contributed by atoms with Crippen molar-refractivity contribution in [2.24, 2.45) is 0 Å². The fourth-order valence-corrected chi connectivity index (χ4v) is 6.20. The highest BCUT2D eigenvalue weighted by atomic mass is 16.8. The Hall–Kier alpha value is -1.78. The molecule has 22 heteroatoms. The number of carbonyl (C=O) groups is 2. The van der Waals surface area contributed by atoms with E-state index in [2.05, 4.69) is 10.6 Å². The molecule has 0 aliphatic carbocycles. The van der Waals surface area contributed by atoms with Gasteiger partial charge in [0, 0.05) is 13.8 Å². The SMILES string of the molecule is CC(=O)N[C@@H]1[C@@H](O)[C@H](O[C@H]2O[C@H](CO)[C@@H](O[C@@H]3O[C@H](CO)[C@@H](O)[C@H](O)[C@@H]3O)[C@H](O)[C@H]2NC(C)=O)[C@@H](CO[C@H]2O[C@@H](C)[C@@H](O)[C@@H](O)[C@@H]2O)O[C@@H]1O. The first-order chi connectivity index (χ1) is 23.5. The first kappa shape index (κ1) is 41.0. The second kappa shape index (κ2) is 17.4. The molecule has 50 heavy (non-hydrogen) atoms. The van der Waals surface area contributed by atoms with Crippen molar-refractivity contribution in [1.29, 1.82) is 0 Å². The average Bonchev–Trinajstić information content (AvgIpc) is 3.06. The third-order valence-corrected chi connectivity index (χ3v) is 8.95. The molecule has 0 radical (unpaired) electrons. The Morgan fingerprint density at radius 1 is 0.560 bits per heavy atom. The zero-order valence-electron chi connectivity index (χ0n) is 27.3. The van der Waals surface area contributed by atoms with Crippen LogP contribution in [0.5, 0.6) is 0 Å². The van der Waals surface area contributed by atoms with E-state index < -0.39 is 154 Å². The highest BCUT2D eigenvalue weighted by Crippen LogP contribution is 2.33. The lowest BCUT2D eigenvalue weighted by atomic mass is 9.94. The molecule has 0 bridgehead atoms. The number of hydrogen-bond acceptors (Lipinski definition) is 20. The summed E-state index contributed by atoms with van der Waals surface area (Å²) in [6.45, 7) is 1.27. The van der Waals surface area contributed by atoms with E-state index in [0.717, 1.165) is 13.8 Å². The van der Waals surface area contributed by atoms with Crippen molar-refractivity contribution < 1.29 is 98.9 Å². The molecule has 4 fully saturated rings. The topological polar surface area (TPSA) is 345 Å². The molecular weight excluding hydrogens is 684 g/mol. The van der Waals surface area contributed by atoms with Crippen LogP contribution in [0.2, 0.25) is 0 Å². The number of carbonyl (C=O) groups excluding carboxylic acids is 2. The van der Waals surface area contributed by atoms with Crippen LogP contribution in [-0.2, 0) is 42.7 Å². The highest BCUT2D eigenvalue weighted by Gasteiger charge is 2.54. The van der Waals surface area contributed by atoms with Gasteiger partial charge < -0.3 is 100.0 Å². The number of hydrogen-bond donors (Lipinski definition) is 13. The van der Waals surface area contributed by atoms with E-state index >= 15 is 0 Å². The predicted octanol–water partition coefficient (Wildman–Crippen LogP) is -8.43. The Labute approximate surface area is 285 Å². The van der Waals surface area contributed by atoms with Crippen molar-refractivity contribution in [1.82, 2.24) is 10.6 Å². The molecule has 20 atom stereocenters. The van der Waals surface area contributed by atoms with Gasteiger partial charge in [0.2, 0.25) is 11.8 Å². The van der Waals surface area contributed by atoms with Gasteiger partial charge in [0.25, 0.3) is 0 Å². The first-order valence-corrected chi connectivity index (χ1v) is 15.9. The number of aliphatic hydroxyl groups excluding tert-OH is 11. The van der Waals surface area contributed by atoms with Crippen molar-refractivity contribution in [2.45, 2.75) is 143 Å². The van der Waals surface area contributed by atoms with Crippen LogP contribution >= 0.6 is 0 Å². The minimum Gasteiger partial charge on any atom is -0.394 e. The van der Waals surface area contributed by atoms with E-state index in [1.165, 1.54) is 6.92 Å². The summed E-state index contributed by atoms with van der Waals surface area (Å²) in [4.78, 5) is 24.1. The van der Waals surface area contributed by atoms with Crippen molar-refractivity contribution in [2.75, 3.05) is 19.8 Å². The Morgan fingerprint density at radius 3 is 1.66 bits per heavy atom. The van der Waals surface area contributed by atoms with Crippen LogP contribution in [0.3, 0.4) is 0 Å². The summed E-state index contributed by atoms with van der Waals surface area (Å²) in [6, 6.07) is -3.09. The summed E-state index contributed by atoms with van der Waals surface area (Å²) >= 11 is 0. The Balaban J connectivity index is 1.58. The molecule has 0 spiro atoms. The molecule has 290 valence electrons. The van der Waals surface area contributed by atoms with Gasteiger partial charge in [-0.25, -0.2) is 0 Å². The van der Waals surface area contributed by atoms with E-state index in [9.17, 15) is 65.8 Å². The molecule has 4 rings (SSSR count). The lowest BCUT2D eigenvalue weighted by Gasteiger charge is -2.49. The minimum absolute atomic E-state index is 0.630. The zero-order valence-corrected chi connectivity index (χ0v) is 27.3. The van der Waals surface area contributed by atoms with Crippen LogP contribution in [0, 0.1) is 0 Å². The number of rotatable bonds is 11. The Kier molecular flexibility index (Phi) is 14.2. The van der Waals surface area contributed by atoms with E-state index in [4.69, 9.17) is 33.2 Å². The smallest absolute Gasteiger partial charge is 0.217 e. The van der Waals surface area contributed by atoms with Gasteiger partial charge in [0.15, 0.2) is 25.2 Å². The second-order valence-corrected chi connectivity index (χ2v) is 12.6. The van der Waals surface area contributed by atoms with Gasteiger partial charge in [-0.05, 0) is 6.92 Å². The third-order valence-electron chi connectivity index (χ3n) is 8.95. The van der Waals surface area contributed by atoms with Crippen LogP contribution in [0.4, 0.5) is 0 Å². The van der Waals surface area contributed by atoms with Crippen molar-refractivity contribution >= 4 is 11.8 Å². The number of ether oxygens (including phenoxy) is 7. The van der Waals surface area contributed by atoms with E-state index in [1.807, 2.05) is 0 Å². The second-order valence-electron chi connectivity index (χ2n) is 12.6. The van der Waals surface area contributed by atoms with Crippen molar-refractivity contribution in [3.63, 3.8) is 0 Å². The predicted molar refractivity (Wildman–Crippen MR) is 156 cm³/mol. The summed E-state index contributed by atoms with van der Waals surface area (Å²) in [5.74, 6) is -1.41. The number of amides is 2. The summed E-state index contributed by atoms with van der Waals surface area (Å²) in [5, 5.41) is 119. The minimum atomic E-state index is -1.90. The molecular formula is C28H48N2O20. The van der Waals surface area contributed by atoms with Crippen LogP contribution in [0.25, 0.3) is 0 Å². The molecule has 22 nitrogen and oxygen atoms in total. The highest BCUT2D eigenvalue weighted by molar-refractivity contribution is 5.73. The fraction of sp³-hybridized carbons (Fsp3) is 0.929. The Bertz CT molecular complexity index is 1120. The van der Waals surface area contributed by atoms with E-state index in [-0.39, 0.29) is 0 Å². The molecule has 0 saturated carbocycles. The maximum absolute atomic E-state index is 12.3. The van der Waals surface area contributed by atoms with Gasteiger partial charge in [-0.2, -0.15) is 0 Å². The van der Waals surface area contributed by atoms with Crippen molar-refractivity contribution in [3.8, 4) is 0 Å². The lowest BCUT2D eigenvalue weighted by Crippen LogP contribution is -2.70. The summed E-state index contributed by atoms with van der Waals surface area (Å²) in [7, 11) is 0. The summed E-state index contributed by atoms with van der Waals surface area (Å²) < 4.78 is 39.5. The average molecular weight is 733 g/mol. The van der Waals surface area contributed by atoms with E-state index in [1.54, 1.807) is 0 Å². The molecule has 0 aromatic carbocycles.